The van der Waals surface area contributed by atoms with Crippen LogP contribution in [0.4, 0.5) is 0 Å². The molecule has 0 spiro atoms. The molecule has 1 fully saturated rings. The molecular weight excluding hydrogens is 246 g/mol. The Hall–Kier alpha value is -0.860. The molecule has 1 N–H and O–H groups in total. The smallest absolute Gasteiger partial charge is 0.0645 e. The summed E-state index contributed by atoms with van der Waals surface area (Å²) in [5, 5.41) is 3.49. The Morgan fingerprint density at radius 3 is 2.75 bits per heavy atom. The zero-order valence-electron chi connectivity index (χ0n) is 13.4. The fraction of sp³-hybridized carbons (Fsp3) is 0.667. The largest absolute Gasteiger partial charge is 0.375 e. The Balaban J connectivity index is 0.000000704. The van der Waals surface area contributed by atoms with Gasteiger partial charge < -0.3 is 10.1 Å². The molecule has 0 radical (unpaired) electrons. The van der Waals surface area contributed by atoms with E-state index in [1.165, 1.54) is 29.5 Å². The van der Waals surface area contributed by atoms with Crippen LogP contribution in [0.5, 0.6) is 0 Å². The molecule has 2 aliphatic heterocycles. The SMILES string of the molecule is CC.CC1CC(C)C(Cc2cccc3c2CNCC3)O1. The second kappa shape index (κ2) is 7.24. The van der Waals surface area contributed by atoms with E-state index in [0.717, 1.165) is 19.5 Å². The number of benzene rings is 1. The molecule has 1 aromatic rings. The van der Waals surface area contributed by atoms with E-state index in [9.17, 15) is 0 Å². The van der Waals surface area contributed by atoms with Crippen molar-refractivity contribution in [1.29, 1.82) is 0 Å². The highest BCUT2D eigenvalue weighted by Crippen LogP contribution is 2.30. The van der Waals surface area contributed by atoms with Crippen molar-refractivity contribution >= 4 is 0 Å². The van der Waals surface area contributed by atoms with Gasteiger partial charge in [0.25, 0.3) is 0 Å². The van der Waals surface area contributed by atoms with Crippen molar-refractivity contribution < 1.29 is 4.74 Å². The normalized spacial score (nSPS) is 28.5. The van der Waals surface area contributed by atoms with Gasteiger partial charge in [-0.2, -0.15) is 0 Å². The summed E-state index contributed by atoms with van der Waals surface area (Å²) in [5.41, 5.74) is 4.55. The number of fused-ring (bicyclic) bond motifs is 1. The van der Waals surface area contributed by atoms with Gasteiger partial charge in [-0.25, -0.2) is 0 Å². The third kappa shape index (κ3) is 3.42. The first-order valence-electron chi connectivity index (χ1n) is 8.20. The molecule has 3 atom stereocenters. The standard InChI is InChI=1S/C16H23NO.C2H6/c1-11-8-12(2)18-16(11)9-14-5-3-4-13-6-7-17-10-15(13)14;1-2/h3-5,11-12,16-17H,6-10H2,1-2H3;1-2H3. The Kier molecular flexibility index (Phi) is 5.62. The van der Waals surface area contributed by atoms with Crippen LogP contribution in [0.3, 0.4) is 0 Å². The molecule has 3 rings (SSSR count). The predicted molar refractivity (Wildman–Crippen MR) is 85.0 cm³/mol. The highest BCUT2D eigenvalue weighted by atomic mass is 16.5. The molecule has 1 saturated heterocycles. The van der Waals surface area contributed by atoms with Crippen LogP contribution in [0, 0.1) is 5.92 Å². The third-order valence-corrected chi connectivity index (χ3v) is 4.41. The molecule has 20 heavy (non-hydrogen) atoms. The van der Waals surface area contributed by atoms with Gasteiger partial charge in [-0.1, -0.05) is 39.0 Å². The van der Waals surface area contributed by atoms with Crippen LogP contribution in [0.15, 0.2) is 18.2 Å². The molecule has 0 bridgehead atoms. The van der Waals surface area contributed by atoms with Crippen LogP contribution in [0.2, 0.25) is 0 Å². The van der Waals surface area contributed by atoms with E-state index < -0.39 is 0 Å². The molecular formula is C18H29NO. The van der Waals surface area contributed by atoms with E-state index in [1.54, 1.807) is 0 Å². The maximum atomic E-state index is 6.05. The van der Waals surface area contributed by atoms with Crippen LogP contribution in [-0.4, -0.2) is 18.8 Å². The maximum absolute atomic E-state index is 6.05. The first-order valence-corrected chi connectivity index (χ1v) is 8.20. The molecule has 0 saturated carbocycles. The number of nitrogens with one attached hydrogen (secondary N) is 1. The second-order valence-corrected chi connectivity index (χ2v) is 5.88. The summed E-state index contributed by atoms with van der Waals surface area (Å²) < 4.78 is 6.05. The first kappa shape index (κ1) is 15.5. The highest BCUT2D eigenvalue weighted by Gasteiger charge is 2.30. The summed E-state index contributed by atoms with van der Waals surface area (Å²) >= 11 is 0. The van der Waals surface area contributed by atoms with Crippen molar-refractivity contribution in [2.75, 3.05) is 6.54 Å². The lowest BCUT2D eigenvalue weighted by Crippen LogP contribution is -2.26. The van der Waals surface area contributed by atoms with E-state index >= 15 is 0 Å². The Labute approximate surface area is 123 Å². The van der Waals surface area contributed by atoms with Crippen LogP contribution in [0.25, 0.3) is 0 Å². The summed E-state index contributed by atoms with van der Waals surface area (Å²) in [5.74, 6) is 0.687. The quantitative estimate of drug-likeness (QED) is 0.888. The Bertz CT molecular complexity index is 429. The van der Waals surface area contributed by atoms with Crippen molar-refractivity contribution in [2.24, 2.45) is 5.92 Å². The van der Waals surface area contributed by atoms with E-state index in [-0.39, 0.29) is 0 Å². The Morgan fingerprint density at radius 2 is 2.05 bits per heavy atom. The fourth-order valence-corrected chi connectivity index (χ4v) is 3.41. The van der Waals surface area contributed by atoms with Gasteiger partial charge >= 0.3 is 0 Å². The van der Waals surface area contributed by atoms with Crippen molar-refractivity contribution in [1.82, 2.24) is 5.32 Å². The number of hydrogen-bond donors (Lipinski definition) is 1. The van der Waals surface area contributed by atoms with E-state index in [1.807, 2.05) is 13.8 Å². The summed E-state index contributed by atoms with van der Waals surface area (Å²) in [6.07, 6.45) is 4.30. The van der Waals surface area contributed by atoms with Gasteiger partial charge in [0.2, 0.25) is 0 Å². The summed E-state index contributed by atoms with van der Waals surface area (Å²) in [4.78, 5) is 0. The second-order valence-electron chi connectivity index (χ2n) is 5.88. The van der Waals surface area contributed by atoms with E-state index in [0.29, 0.717) is 18.1 Å². The van der Waals surface area contributed by atoms with Crippen molar-refractivity contribution in [3.8, 4) is 0 Å². The van der Waals surface area contributed by atoms with Crippen molar-refractivity contribution in [2.45, 2.75) is 65.7 Å². The van der Waals surface area contributed by atoms with Gasteiger partial charge in [0, 0.05) is 6.54 Å². The summed E-state index contributed by atoms with van der Waals surface area (Å²) in [6.45, 7) is 10.7. The molecule has 1 aromatic carbocycles. The van der Waals surface area contributed by atoms with Gasteiger partial charge in [-0.15, -0.1) is 0 Å². The molecule has 2 heterocycles. The molecule has 2 aliphatic rings. The lowest BCUT2D eigenvalue weighted by Gasteiger charge is -2.23. The molecule has 0 aliphatic carbocycles. The summed E-state index contributed by atoms with van der Waals surface area (Å²) in [6, 6.07) is 6.77. The van der Waals surface area contributed by atoms with Gasteiger partial charge in [0.1, 0.15) is 0 Å². The van der Waals surface area contributed by atoms with E-state index in [4.69, 9.17) is 4.74 Å². The van der Waals surface area contributed by atoms with Crippen molar-refractivity contribution in [3.63, 3.8) is 0 Å². The number of hydrogen-bond acceptors (Lipinski definition) is 2. The molecule has 2 heteroatoms. The average molecular weight is 275 g/mol. The molecule has 0 aromatic heterocycles. The fourth-order valence-electron chi connectivity index (χ4n) is 3.41. The minimum Gasteiger partial charge on any atom is -0.375 e. The number of rotatable bonds is 2. The van der Waals surface area contributed by atoms with Crippen LogP contribution in [0.1, 0.15) is 50.8 Å². The molecule has 0 amide bonds. The van der Waals surface area contributed by atoms with Crippen LogP contribution >= 0.6 is 0 Å². The lowest BCUT2D eigenvalue weighted by molar-refractivity contribution is 0.0462. The summed E-state index contributed by atoms with van der Waals surface area (Å²) in [7, 11) is 0. The van der Waals surface area contributed by atoms with Gasteiger partial charge in [-0.3, -0.25) is 0 Å². The highest BCUT2D eigenvalue weighted by molar-refractivity contribution is 5.37. The zero-order valence-corrected chi connectivity index (χ0v) is 13.4. The van der Waals surface area contributed by atoms with Crippen molar-refractivity contribution in [3.05, 3.63) is 34.9 Å². The van der Waals surface area contributed by atoms with Gasteiger partial charge in [0.05, 0.1) is 12.2 Å². The first-order chi connectivity index (χ1) is 9.74. The lowest BCUT2D eigenvalue weighted by atomic mass is 9.90. The monoisotopic (exact) mass is 275 g/mol. The predicted octanol–water partition coefficient (Wildman–Crippen LogP) is 3.71. The average Bonchev–Trinajstić information content (AvgIpc) is 2.79. The Morgan fingerprint density at radius 1 is 1.25 bits per heavy atom. The molecule has 3 unspecified atom stereocenters. The van der Waals surface area contributed by atoms with E-state index in [2.05, 4.69) is 37.4 Å². The topological polar surface area (TPSA) is 21.3 Å². The van der Waals surface area contributed by atoms with Crippen LogP contribution < -0.4 is 5.32 Å². The third-order valence-electron chi connectivity index (χ3n) is 4.41. The number of ether oxygens (including phenoxy) is 1. The molecule has 2 nitrogen and oxygen atoms in total. The van der Waals surface area contributed by atoms with Crippen LogP contribution in [-0.2, 0) is 24.1 Å². The minimum atomic E-state index is 0.411. The zero-order chi connectivity index (χ0) is 14.5. The minimum absolute atomic E-state index is 0.411. The van der Waals surface area contributed by atoms with Gasteiger partial charge in [0.15, 0.2) is 0 Å². The maximum Gasteiger partial charge on any atom is 0.0645 e. The molecule has 112 valence electrons. The van der Waals surface area contributed by atoms with Gasteiger partial charge in [-0.05, 0) is 55.3 Å².